The van der Waals surface area contributed by atoms with Crippen molar-refractivity contribution >= 4 is 23.9 Å². The number of carbonyl (C=O) groups excluding carboxylic acids is 1. The number of hydrogen-bond acceptors (Lipinski definition) is 7. The molecule has 3 aromatic carbocycles. The maximum Gasteiger partial charge on any atom is 0.250 e. The number of amides is 1. The molecule has 0 aliphatic heterocycles. The van der Waals surface area contributed by atoms with Gasteiger partial charge in [0.2, 0.25) is 0 Å². The Morgan fingerprint density at radius 1 is 0.943 bits per heavy atom. The van der Waals surface area contributed by atoms with Crippen molar-refractivity contribution in [1.82, 2.24) is 20.2 Å². The number of aromatic nitrogens is 3. The summed E-state index contributed by atoms with van der Waals surface area (Å²) >= 11 is 1.28. The van der Waals surface area contributed by atoms with Crippen LogP contribution < -0.4 is 14.9 Å². The minimum Gasteiger partial charge on any atom is -0.497 e. The Bertz CT molecular complexity index is 1300. The molecule has 0 saturated carbocycles. The van der Waals surface area contributed by atoms with E-state index in [0.717, 1.165) is 33.9 Å². The Labute approximate surface area is 208 Å². The van der Waals surface area contributed by atoms with Crippen LogP contribution in [0.3, 0.4) is 0 Å². The van der Waals surface area contributed by atoms with Crippen LogP contribution in [0.4, 0.5) is 0 Å². The van der Waals surface area contributed by atoms with Crippen molar-refractivity contribution in [3.63, 3.8) is 0 Å². The van der Waals surface area contributed by atoms with Crippen molar-refractivity contribution in [3.8, 4) is 28.6 Å². The molecule has 0 bridgehead atoms. The summed E-state index contributed by atoms with van der Waals surface area (Å²) < 4.78 is 12.5. The Morgan fingerprint density at radius 3 is 2.20 bits per heavy atom. The largest absolute Gasteiger partial charge is 0.497 e. The zero-order valence-electron chi connectivity index (χ0n) is 19.6. The molecule has 0 spiro atoms. The first-order valence-electron chi connectivity index (χ1n) is 10.8. The quantitative estimate of drug-likeness (QED) is 0.212. The van der Waals surface area contributed by atoms with Gasteiger partial charge in [-0.2, -0.15) is 5.10 Å². The van der Waals surface area contributed by atoms with Gasteiger partial charge in [0.05, 0.1) is 26.2 Å². The van der Waals surface area contributed by atoms with E-state index in [1.165, 1.54) is 11.8 Å². The van der Waals surface area contributed by atoms with E-state index >= 15 is 0 Å². The van der Waals surface area contributed by atoms with Crippen molar-refractivity contribution in [1.29, 1.82) is 0 Å². The topological polar surface area (TPSA) is 90.6 Å². The molecule has 0 radical (unpaired) electrons. The molecule has 35 heavy (non-hydrogen) atoms. The molecule has 1 aromatic heterocycles. The minimum absolute atomic E-state index is 0.127. The summed E-state index contributed by atoms with van der Waals surface area (Å²) in [6.07, 6.45) is 1.61. The Kier molecular flexibility index (Phi) is 7.79. The highest BCUT2D eigenvalue weighted by Crippen LogP contribution is 2.29. The van der Waals surface area contributed by atoms with E-state index in [1.54, 1.807) is 20.4 Å². The van der Waals surface area contributed by atoms with Crippen LogP contribution in [0.2, 0.25) is 0 Å². The fraction of sp³-hybridized carbons (Fsp3) is 0.154. The van der Waals surface area contributed by atoms with Gasteiger partial charge in [-0.3, -0.25) is 9.36 Å². The van der Waals surface area contributed by atoms with Gasteiger partial charge >= 0.3 is 0 Å². The van der Waals surface area contributed by atoms with Crippen molar-refractivity contribution in [2.24, 2.45) is 5.10 Å². The van der Waals surface area contributed by atoms with Crippen LogP contribution in [0.5, 0.6) is 11.5 Å². The van der Waals surface area contributed by atoms with E-state index in [0.29, 0.717) is 11.0 Å². The fourth-order valence-electron chi connectivity index (χ4n) is 3.25. The summed E-state index contributed by atoms with van der Waals surface area (Å²) in [5.74, 6) is 2.03. The number of ether oxygens (including phenoxy) is 2. The summed E-state index contributed by atoms with van der Waals surface area (Å²) in [6, 6.07) is 23.0. The molecular weight excluding hydrogens is 462 g/mol. The SMILES string of the molecule is COc1ccc(-c2nnc(SCC(=O)N/N=C/c3ccc(C)cc3)n2-c2ccc(OC)cc2)cc1. The summed E-state index contributed by atoms with van der Waals surface area (Å²) in [6.45, 7) is 2.02. The smallest absolute Gasteiger partial charge is 0.250 e. The van der Waals surface area contributed by atoms with Gasteiger partial charge in [-0.25, -0.2) is 5.43 Å². The molecular formula is C26H25N5O3S. The first-order chi connectivity index (χ1) is 17.1. The second kappa shape index (κ2) is 11.3. The predicted molar refractivity (Wildman–Crippen MR) is 138 cm³/mol. The molecule has 178 valence electrons. The number of hydrazone groups is 1. The van der Waals surface area contributed by atoms with Gasteiger partial charge in [-0.05, 0) is 61.0 Å². The number of methoxy groups -OCH3 is 2. The third-order valence-electron chi connectivity index (χ3n) is 5.12. The van der Waals surface area contributed by atoms with Crippen molar-refractivity contribution in [3.05, 3.63) is 83.9 Å². The van der Waals surface area contributed by atoms with Gasteiger partial charge in [0.1, 0.15) is 11.5 Å². The molecule has 8 nitrogen and oxygen atoms in total. The molecule has 0 saturated heterocycles. The van der Waals surface area contributed by atoms with Gasteiger partial charge in [0.15, 0.2) is 11.0 Å². The van der Waals surface area contributed by atoms with Crippen LogP contribution in [-0.4, -0.2) is 46.9 Å². The molecule has 0 fully saturated rings. The highest BCUT2D eigenvalue weighted by atomic mass is 32.2. The number of nitrogens with zero attached hydrogens (tertiary/aromatic N) is 4. The summed E-state index contributed by atoms with van der Waals surface area (Å²) in [5, 5.41) is 13.4. The third-order valence-corrected chi connectivity index (χ3v) is 6.05. The van der Waals surface area contributed by atoms with Crippen LogP contribution >= 0.6 is 11.8 Å². The number of benzene rings is 3. The lowest BCUT2D eigenvalue weighted by Gasteiger charge is -2.11. The molecule has 1 heterocycles. The minimum atomic E-state index is -0.242. The maximum atomic E-state index is 12.4. The zero-order chi connectivity index (χ0) is 24.6. The van der Waals surface area contributed by atoms with E-state index in [9.17, 15) is 4.79 Å². The number of nitrogens with one attached hydrogen (secondary N) is 1. The second-order valence-electron chi connectivity index (χ2n) is 7.56. The zero-order valence-corrected chi connectivity index (χ0v) is 20.5. The molecule has 1 amide bonds. The molecule has 0 unspecified atom stereocenters. The number of aryl methyl sites for hydroxylation is 1. The average Bonchev–Trinajstić information content (AvgIpc) is 3.32. The van der Waals surface area contributed by atoms with Gasteiger partial charge in [-0.1, -0.05) is 41.6 Å². The van der Waals surface area contributed by atoms with Crippen LogP contribution in [-0.2, 0) is 4.79 Å². The summed E-state index contributed by atoms with van der Waals surface area (Å²) in [5.41, 5.74) is 6.35. The lowest BCUT2D eigenvalue weighted by Crippen LogP contribution is -2.20. The fourth-order valence-corrected chi connectivity index (χ4v) is 3.99. The third kappa shape index (κ3) is 6.07. The first-order valence-corrected chi connectivity index (χ1v) is 11.8. The highest BCUT2D eigenvalue weighted by molar-refractivity contribution is 7.99. The molecule has 4 rings (SSSR count). The highest BCUT2D eigenvalue weighted by Gasteiger charge is 2.17. The Morgan fingerprint density at radius 2 is 1.57 bits per heavy atom. The second-order valence-corrected chi connectivity index (χ2v) is 8.50. The van der Waals surface area contributed by atoms with Gasteiger partial charge in [0.25, 0.3) is 5.91 Å². The van der Waals surface area contributed by atoms with Gasteiger partial charge < -0.3 is 9.47 Å². The summed E-state index contributed by atoms with van der Waals surface area (Å²) in [4.78, 5) is 12.4. The number of thioether (sulfide) groups is 1. The van der Waals surface area contributed by atoms with Crippen LogP contribution in [0, 0.1) is 6.92 Å². The van der Waals surface area contributed by atoms with Gasteiger partial charge in [-0.15, -0.1) is 10.2 Å². The van der Waals surface area contributed by atoms with E-state index in [1.807, 2.05) is 84.3 Å². The lowest BCUT2D eigenvalue weighted by molar-refractivity contribution is -0.118. The van der Waals surface area contributed by atoms with Crippen LogP contribution in [0.25, 0.3) is 17.1 Å². The van der Waals surface area contributed by atoms with Crippen LogP contribution in [0.15, 0.2) is 83.1 Å². The van der Waals surface area contributed by atoms with Crippen molar-refractivity contribution in [2.75, 3.05) is 20.0 Å². The Hall–Kier alpha value is -4.11. The van der Waals surface area contributed by atoms with E-state index in [2.05, 4.69) is 20.7 Å². The number of rotatable bonds is 9. The molecule has 0 aliphatic rings. The standard InChI is InChI=1S/C26H25N5O3S/c1-18-4-6-19(7-5-18)16-27-28-24(32)17-35-26-30-29-25(20-8-12-22(33-2)13-9-20)31(26)21-10-14-23(34-3)15-11-21/h4-16H,17H2,1-3H3,(H,28,32)/b27-16+. The van der Waals surface area contributed by atoms with Crippen molar-refractivity contribution < 1.29 is 14.3 Å². The first kappa shape index (κ1) is 24.0. The molecule has 4 aromatic rings. The Balaban J connectivity index is 1.52. The predicted octanol–water partition coefficient (Wildman–Crippen LogP) is 4.50. The summed E-state index contributed by atoms with van der Waals surface area (Å²) in [7, 11) is 3.25. The number of hydrogen-bond donors (Lipinski definition) is 1. The monoisotopic (exact) mass is 487 g/mol. The van der Waals surface area contributed by atoms with E-state index < -0.39 is 0 Å². The maximum absolute atomic E-state index is 12.4. The normalized spacial score (nSPS) is 10.9. The molecule has 1 N–H and O–H groups in total. The molecule has 9 heteroatoms. The van der Waals surface area contributed by atoms with Gasteiger partial charge in [0, 0.05) is 11.3 Å². The van der Waals surface area contributed by atoms with Crippen LogP contribution in [0.1, 0.15) is 11.1 Å². The lowest BCUT2D eigenvalue weighted by atomic mass is 10.2. The molecule has 0 aliphatic carbocycles. The number of carbonyl (C=O) groups is 1. The van der Waals surface area contributed by atoms with E-state index in [-0.39, 0.29) is 11.7 Å². The average molecular weight is 488 g/mol. The molecule has 0 atom stereocenters. The van der Waals surface area contributed by atoms with E-state index in [4.69, 9.17) is 9.47 Å². The van der Waals surface area contributed by atoms with Crippen molar-refractivity contribution in [2.45, 2.75) is 12.1 Å².